The summed E-state index contributed by atoms with van der Waals surface area (Å²) in [5.74, 6) is 0.225. The lowest BCUT2D eigenvalue weighted by Crippen LogP contribution is -2.44. The van der Waals surface area contributed by atoms with E-state index >= 15 is 0 Å². The van der Waals surface area contributed by atoms with Crippen molar-refractivity contribution >= 4 is 32.6 Å². The van der Waals surface area contributed by atoms with Gasteiger partial charge in [0.05, 0.1) is 23.5 Å². The van der Waals surface area contributed by atoms with Gasteiger partial charge in [-0.15, -0.1) is 10.2 Å². The van der Waals surface area contributed by atoms with Gasteiger partial charge in [-0.2, -0.15) is 9.98 Å². The number of likely N-dealkylation sites (N-methyl/N-ethyl adjacent to an activating group) is 1. The average Bonchev–Trinajstić information content (AvgIpc) is 3.19. The van der Waals surface area contributed by atoms with Gasteiger partial charge in [-0.3, -0.25) is 4.40 Å². The summed E-state index contributed by atoms with van der Waals surface area (Å²) in [5.41, 5.74) is 0.208. The number of nitriles is 1. The number of nitrogens with one attached hydrogen (secondary N) is 1. The Bertz CT molecular complexity index is 1350. The third-order valence-corrected chi connectivity index (χ3v) is 8.29. The lowest BCUT2D eigenvalue weighted by atomic mass is 10.2. The Labute approximate surface area is 192 Å². The number of hydrogen-bond acceptors (Lipinski definition) is 9. The van der Waals surface area contributed by atoms with Crippen LogP contribution in [0.15, 0.2) is 23.4 Å². The topological polar surface area (TPSA) is 120 Å². The molecule has 1 aliphatic heterocycles. The van der Waals surface area contributed by atoms with Crippen LogP contribution in [0, 0.1) is 11.3 Å². The van der Waals surface area contributed by atoms with E-state index in [4.69, 9.17) is 0 Å². The molecule has 14 heteroatoms. The van der Waals surface area contributed by atoms with Crippen LogP contribution in [0.25, 0.3) is 16.3 Å². The molecule has 0 aromatic carbocycles. The maximum Gasteiger partial charge on any atom is 0.291 e. The van der Waals surface area contributed by atoms with Crippen molar-refractivity contribution in [3.05, 3.63) is 23.5 Å². The Morgan fingerprint density at radius 1 is 1.24 bits per heavy atom. The van der Waals surface area contributed by atoms with Crippen molar-refractivity contribution in [3.63, 3.8) is 0 Å². The van der Waals surface area contributed by atoms with Crippen LogP contribution in [0.5, 0.6) is 0 Å². The molecule has 33 heavy (non-hydrogen) atoms. The second-order valence-electron chi connectivity index (χ2n) is 8.23. The maximum atomic E-state index is 13.2. The second kappa shape index (κ2) is 7.94. The summed E-state index contributed by atoms with van der Waals surface area (Å²) < 4.78 is 56.5. The van der Waals surface area contributed by atoms with E-state index in [1.54, 1.807) is 16.7 Å². The summed E-state index contributed by atoms with van der Waals surface area (Å²) >= 11 is 0.708. The minimum Gasteiger partial charge on any atom is -0.367 e. The minimum atomic E-state index is -4.03. The van der Waals surface area contributed by atoms with Crippen LogP contribution < -0.4 is 9.62 Å². The van der Waals surface area contributed by atoms with E-state index in [9.17, 15) is 22.5 Å². The molecule has 0 unspecified atom stereocenters. The van der Waals surface area contributed by atoms with Crippen LogP contribution in [0.2, 0.25) is 0 Å². The predicted octanol–water partition coefficient (Wildman–Crippen LogP) is 1.88. The van der Waals surface area contributed by atoms with Gasteiger partial charge >= 0.3 is 0 Å². The number of aromatic nitrogens is 4. The minimum absolute atomic E-state index is 0.0386. The SMILES string of the molecule is CN1CCN(c2cc(S(=O)(=O)NC3(C#N)CC3)cn3c(-c4nnc(C(F)F)s4)ncc23)CC1. The molecule has 0 atom stereocenters. The van der Waals surface area contributed by atoms with E-state index in [1.807, 2.05) is 13.1 Å². The Morgan fingerprint density at radius 2 is 1.97 bits per heavy atom. The summed E-state index contributed by atoms with van der Waals surface area (Å²) in [4.78, 5) is 8.56. The van der Waals surface area contributed by atoms with Gasteiger partial charge in [0.1, 0.15) is 10.4 Å². The largest absolute Gasteiger partial charge is 0.367 e. The third-order valence-electron chi connectivity index (χ3n) is 5.86. The van der Waals surface area contributed by atoms with Gasteiger partial charge in [0.25, 0.3) is 6.43 Å². The van der Waals surface area contributed by atoms with Crippen LogP contribution in [-0.2, 0) is 10.0 Å². The number of rotatable bonds is 6. The Morgan fingerprint density at radius 3 is 2.58 bits per heavy atom. The van der Waals surface area contributed by atoms with Crippen molar-refractivity contribution in [1.29, 1.82) is 5.26 Å². The predicted molar refractivity (Wildman–Crippen MR) is 117 cm³/mol. The summed E-state index contributed by atoms with van der Waals surface area (Å²) in [6, 6.07) is 3.61. The number of imidazole rings is 1. The number of alkyl halides is 2. The third kappa shape index (κ3) is 4.05. The highest BCUT2D eigenvalue weighted by Crippen LogP contribution is 2.37. The normalized spacial score (nSPS) is 18.7. The molecule has 1 saturated heterocycles. The number of piperazine rings is 1. The van der Waals surface area contributed by atoms with Crippen LogP contribution in [-0.4, -0.2) is 71.7 Å². The molecule has 1 aliphatic carbocycles. The monoisotopic (exact) mass is 494 g/mol. The average molecular weight is 495 g/mol. The van der Waals surface area contributed by atoms with Crippen molar-refractivity contribution in [2.45, 2.75) is 29.7 Å². The zero-order valence-electron chi connectivity index (χ0n) is 17.6. The Balaban J connectivity index is 1.65. The van der Waals surface area contributed by atoms with Crippen molar-refractivity contribution in [1.82, 2.24) is 29.2 Å². The molecule has 1 saturated carbocycles. The number of pyridine rings is 1. The fourth-order valence-electron chi connectivity index (χ4n) is 3.75. The lowest BCUT2D eigenvalue weighted by molar-refractivity contribution is 0.150. The van der Waals surface area contributed by atoms with Crippen LogP contribution >= 0.6 is 11.3 Å². The first-order chi connectivity index (χ1) is 15.7. The van der Waals surface area contributed by atoms with E-state index in [-0.39, 0.29) is 15.7 Å². The molecule has 0 radical (unpaired) electrons. The van der Waals surface area contributed by atoms with Gasteiger partial charge < -0.3 is 9.80 Å². The summed E-state index contributed by atoms with van der Waals surface area (Å²) in [5, 5.41) is 16.4. The number of halogens is 2. The molecule has 1 N–H and O–H groups in total. The van der Waals surface area contributed by atoms with Crippen LogP contribution in [0.1, 0.15) is 24.3 Å². The summed E-state index contributed by atoms with van der Waals surface area (Å²) in [6.45, 7) is 2.96. The van der Waals surface area contributed by atoms with E-state index in [2.05, 4.69) is 29.7 Å². The van der Waals surface area contributed by atoms with Crippen molar-refractivity contribution in [3.8, 4) is 16.9 Å². The molecular formula is C19H20F2N8O2S2. The summed E-state index contributed by atoms with van der Waals surface area (Å²) in [6.07, 6.45) is 1.11. The van der Waals surface area contributed by atoms with Gasteiger partial charge in [-0.1, -0.05) is 11.3 Å². The zero-order chi connectivity index (χ0) is 23.4. The second-order valence-corrected chi connectivity index (χ2v) is 10.9. The van der Waals surface area contributed by atoms with Crippen molar-refractivity contribution < 1.29 is 17.2 Å². The number of hydrogen-bond donors (Lipinski definition) is 1. The number of fused-ring (bicyclic) bond motifs is 1. The molecule has 10 nitrogen and oxygen atoms in total. The maximum absolute atomic E-state index is 13.2. The number of anilines is 1. The highest BCUT2D eigenvalue weighted by molar-refractivity contribution is 7.89. The smallest absolute Gasteiger partial charge is 0.291 e. The fraction of sp³-hybridized carbons (Fsp3) is 0.474. The standard InChI is InChI=1S/C19H20F2N8O2S2/c1-27-4-6-28(7-5-27)13-8-12(33(30,31)26-19(11-22)2-3-19)10-29-14(13)9-23-16(29)18-25-24-17(32-18)15(20)21/h8-10,15,26H,2-7H2,1H3. The molecule has 0 amide bonds. The Hall–Kier alpha value is -2.73. The van der Waals surface area contributed by atoms with E-state index in [0.717, 1.165) is 13.1 Å². The molecular weight excluding hydrogens is 474 g/mol. The van der Waals surface area contributed by atoms with Gasteiger partial charge in [0.2, 0.25) is 10.0 Å². The molecule has 0 spiro atoms. The molecule has 4 heterocycles. The quantitative estimate of drug-likeness (QED) is 0.552. The first-order valence-corrected chi connectivity index (χ1v) is 12.5. The molecule has 5 rings (SSSR count). The van der Waals surface area contributed by atoms with Crippen molar-refractivity contribution in [2.75, 3.05) is 38.1 Å². The van der Waals surface area contributed by atoms with E-state index < -0.39 is 27.0 Å². The number of sulfonamides is 1. The van der Waals surface area contributed by atoms with Crippen LogP contribution in [0.3, 0.4) is 0 Å². The first-order valence-electron chi connectivity index (χ1n) is 10.2. The Kier molecular flexibility index (Phi) is 5.31. The van der Waals surface area contributed by atoms with Gasteiger partial charge in [-0.05, 0) is 26.0 Å². The van der Waals surface area contributed by atoms with E-state index in [1.165, 1.54) is 6.20 Å². The van der Waals surface area contributed by atoms with Gasteiger partial charge in [-0.25, -0.2) is 22.2 Å². The molecule has 2 aliphatic rings. The fourth-order valence-corrected chi connectivity index (χ4v) is 5.84. The van der Waals surface area contributed by atoms with Gasteiger partial charge in [0, 0.05) is 32.4 Å². The van der Waals surface area contributed by atoms with E-state index in [0.29, 0.717) is 48.5 Å². The molecule has 174 valence electrons. The first kappa shape index (κ1) is 22.1. The highest BCUT2D eigenvalue weighted by atomic mass is 32.2. The molecule has 2 fully saturated rings. The van der Waals surface area contributed by atoms with Crippen molar-refractivity contribution in [2.24, 2.45) is 0 Å². The lowest BCUT2D eigenvalue weighted by Gasteiger charge is -2.34. The highest BCUT2D eigenvalue weighted by Gasteiger charge is 2.47. The zero-order valence-corrected chi connectivity index (χ0v) is 19.2. The van der Waals surface area contributed by atoms with Gasteiger partial charge in [0.15, 0.2) is 15.8 Å². The summed E-state index contributed by atoms with van der Waals surface area (Å²) in [7, 11) is -2.01. The van der Waals surface area contributed by atoms with Crippen LogP contribution in [0.4, 0.5) is 14.5 Å². The molecule has 0 bridgehead atoms. The molecule has 3 aromatic rings. The number of nitrogens with zero attached hydrogens (tertiary/aromatic N) is 7. The molecule has 3 aromatic heterocycles.